The SMILES string of the molecule is C[C@@H](Sc1nnc(NCc2ccco2)s1)C(=O)NC(=O)NC1CCCC1. The van der Waals surface area contributed by atoms with Gasteiger partial charge < -0.3 is 15.1 Å². The molecule has 2 aromatic rings. The van der Waals surface area contributed by atoms with E-state index in [9.17, 15) is 9.59 Å². The highest BCUT2D eigenvalue weighted by atomic mass is 32.2. The summed E-state index contributed by atoms with van der Waals surface area (Å²) in [6, 6.07) is 3.44. The van der Waals surface area contributed by atoms with E-state index in [0.29, 0.717) is 16.0 Å². The molecule has 10 heteroatoms. The largest absolute Gasteiger partial charge is 0.467 e. The van der Waals surface area contributed by atoms with Gasteiger partial charge in [0.1, 0.15) is 5.76 Å². The third-order valence-corrected chi connectivity index (χ3v) is 6.04. The molecule has 0 aliphatic heterocycles. The number of aromatic nitrogens is 2. The zero-order valence-corrected chi connectivity index (χ0v) is 16.0. The van der Waals surface area contributed by atoms with Crippen LogP contribution in [0.2, 0.25) is 0 Å². The number of imide groups is 1. The maximum Gasteiger partial charge on any atom is 0.321 e. The predicted molar refractivity (Wildman–Crippen MR) is 100 cm³/mol. The molecule has 3 rings (SSSR count). The first kappa shape index (κ1) is 18.7. The predicted octanol–water partition coefficient (Wildman–Crippen LogP) is 2.99. The van der Waals surface area contributed by atoms with Crippen molar-refractivity contribution in [3.05, 3.63) is 24.2 Å². The molecule has 1 saturated carbocycles. The molecule has 140 valence electrons. The van der Waals surface area contributed by atoms with E-state index in [4.69, 9.17) is 4.42 Å². The Labute approximate surface area is 159 Å². The van der Waals surface area contributed by atoms with Gasteiger partial charge in [0.05, 0.1) is 18.1 Å². The second kappa shape index (κ2) is 9.04. The van der Waals surface area contributed by atoms with Crippen molar-refractivity contribution in [3.63, 3.8) is 0 Å². The Morgan fingerprint density at radius 3 is 2.92 bits per heavy atom. The highest BCUT2D eigenvalue weighted by Crippen LogP contribution is 2.29. The zero-order valence-electron chi connectivity index (χ0n) is 14.4. The average Bonchev–Trinajstić information content (AvgIpc) is 3.36. The molecular formula is C16H21N5O3S2. The van der Waals surface area contributed by atoms with E-state index in [-0.39, 0.29) is 11.9 Å². The lowest BCUT2D eigenvalue weighted by molar-refractivity contribution is -0.119. The molecule has 1 aliphatic carbocycles. The van der Waals surface area contributed by atoms with Crippen LogP contribution in [0.3, 0.4) is 0 Å². The van der Waals surface area contributed by atoms with Gasteiger partial charge >= 0.3 is 6.03 Å². The fourth-order valence-corrected chi connectivity index (χ4v) is 4.51. The number of nitrogens with zero attached hydrogens (tertiary/aromatic N) is 2. The lowest BCUT2D eigenvalue weighted by atomic mass is 10.2. The summed E-state index contributed by atoms with van der Waals surface area (Å²) in [6.07, 6.45) is 5.81. The molecule has 3 N–H and O–H groups in total. The van der Waals surface area contributed by atoms with Crippen LogP contribution in [0, 0.1) is 0 Å². The van der Waals surface area contributed by atoms with Crippen LogP contribution in [0.15, 0.2) is 27.2 Å². The first-order chi connectivity index (χ1) is 12.6. The molecule has 3 amide bonds. The monoisotopic (exact) mass is 395 g/mol. The minimum atomic E-state index is -0.449. The smallest absolute Gasteiger partial charge is 0.321 e. The normalized spacial score (nSPS) is 15.6. The standard InChI is InChI=1S/C16H21N5O3S2/c1-10(13(22)19-14(23)18-11-5-2-3-6-11)25-16-21-20-15(26-16)17-9-12-7-4-8-24-12/h4,7-8,10-11H,2-3,5-6,9H2,1H3,(H,17,20)(H2,18,19,22,23)/t10-/m1/s1. The molecule has 0 bridgehead atoms. The van der Waals surface area contributed by atoms with E-state index >= 15 is 0 Å². The highest BCUT2D eigenvalue weighted by molar-refractivity contribution is 8.02. The molecule has 1 aliphatic rings. The van der Waals surface area contributed by atoms with Gasteiger partial charge in [-0.05, 0) is 31.9 Å². The lowest BCUT2D eigenvalue weighted by Crippen LogP contribution is -2.45. The Kier molecular flexibility index (Phi) is 6.51. The highest BCUT2D eigenvalue weighted by Gasteiger charge is 2.22. The summed E-state index contributed by atoms with van der Waals surface area (Å²) >= 11 is 2.62. The van der Waals surface area contributed by atoms with Crippen LogP contribution in [-0.4, -0.2) is 33.4 Å². The number of thioether (sulfide) groups is 1. The number of urea groups is 1. The summed E-state index contributed by atoms with van der Waals surface area (Å²) in [5.74, 6) is 0.459. The van der Waals surface area contributed by atoms with Gasteiger partial charge in [-0.1, -0.05) is 35.9 Å². The number of amides is 3. The van der Waals surface area contributed by atoms with E-state index in [0.717, 1.165) is 31.4 Å². The van der Waals surface area contributed by atoms with E-state index in [1.165, 1.54) is 23.1 Å². The first-order valence-corrected chi connectivity index (χ1v) is 10.2. The number of hydrogen-bond donors (Lipinski definition) is 3. The maximum atomic E-state index is 12.2. The molecule has 1 fully saturated rings. The van der Waals surface area contributed by atoms with Crippen molar-refractivity contribution in [2.75, 3.05) is 5.32 Å². The molecule has 26 heavy (non-hydrogen) atoms. The lowest BCUT2D eigenvalue weighted by Gasteiger charge is -2.14. The second-order valence-electron chi connectivity index (χ2n) is 6.01. The summed E-state index contributed by atoms with van der Waals surface area (Å²) in [7, 11) is 0. The molecule has 0 saturated heterocycles. The quantitative estimate of drug-likeness (QED) is 0.618. The number of furan rings is 1. The molecule has 1 atom stereocenters. The molecule has 0 unspecified atom stereocenters. The van der Waals surface area contributed by atoms with Crippen molar-refractivity contribution in [1.82, 2.24) is 20.8 Å². The van der Waals surface area contributed by atoms with Gasteiger partial charge in [0.25, 0.3) is 0 Å². The van der Waals surface area contributed by atoms with Crippen LogP contribution in [0.4, 0.5) is 9.93 Å². The van der Waals surface area contributed by atoms with Crippen molar-refractivity contribution in [1.29, 1.82) is 0 Å². The van der Waals surface area contributed by atoms with Gasteiger partial charge in [-0.3, -0.25) is 10.1 Å². The van der Waals surface area contributed by atoms with Gasteiger partial charge in [-0.25, -0.2) is 4.79 Å². The van der Waals surface area contributed by atoms with Crippen molar-refractivity contribution >= 4 is 40.2 Å². The Bertz CT molecular complexity index is 728. The van der Waals surface area contributed by atoms with Crippen molar-refractivity contribution in [2.45, 2.75) is 54.8 Å². The van der Waals surface area contributed by atoms with Crippen LogP contribution in [0.1, 0.15) is 38.4 Å². The molecule has 8 nitrogen and oxygen atoms in total. The fraction of sp³-hybridized carbons (Fsp3) is 0.500. The second-order valence-corrected chi connectivity index (χ2v) is 8.58. The first-order valence-electron chi connectivity index (χ1n) is 8.48. The van der Waals surface area contributed by atoms with Gasteiger partial charge in [-0.15, -0.1) is 10.2 Å². The third kappa shape index (κ3) is 5.46. The van der Waals surface area contributed by atoms with E-state index < -0.39 is 11.3 Å². The minimum absolute atomic E-state index is 0.178. The van der Waals surface area contributed by atoms with Crippen molar-refractivity contribution < 1.29 is 14.0 Å². The topological polar surface area (TPSA) is 109 Å². The number of nitrogens with one attached hydrogen (secondary N) is 3. The summed E-state index contributed by atoms with van der Waals surface area (Å²) < 4.78 is 5.90. The van der Waals surface area contributed by atoms with Crippen molar-refractivity contribution in [2.24, 2.45) is 0 Å². The number of carbonyl (C=O) groups excluding carboxylic acids is 2. The van der Waals surface area contributed by atoms with E-state index in [1.807, 2.05) is 12.1 Å². The summed E-state index contributed by atoms with van der Waals surface area (Å²) in [4.78, 5) is 24.0. The summed E-state index contributed by atoms with van der Waals surface area (Å²) in [5, 5.41) is 16.6. The Hall–Kier alpha value is -2.07. The molecular weight excluding hydrogens is 374 g/mol. The van der Waals surface area contributed by atoms with E-state index in [2.05, 4.69) is 26.1 Å². The molecule has 0 radical (unpaired) electrons. The van der Waals surface area contributed by atoms with Crippen LogP contribution in [0.5, 0.6) is 0 Å². The van der Waals surface area contributed by atoms with Crippen LogP contribution in [-0.2, 0) is 11.3 Å². The number of carbonyl (C=O) groups is 2. The number of hydrogen-bond acceptors (Lipinski definition) is 8. The zero-order chi connectivity index (χ0) is 18.4. The Morgan fingerprint density at radius 2 is 2.19 bits per heavy atom. The van der Waals surface area contributed by atoms with Crippen molar-refractivity contribution in [3.8, 4) is 0 Å². The van der Waals surface area contributed by atoms with Gasteiger partial charge in [0, 0.05) is 6.04 Å². The molecule has 2 heterocycles. The molecule has 0 spiro atoms. The number of anilines is 1. The Balaban J connectivity index is 1.42. The molecule has 2 aromatic heterocycles. The summed E-state index contributed by atoms with van der Waals surface area (Å²) in [5.41, 5.74) is 0. The van der Waals surface area contributed by atoms with Gasteiger partial charge in [0.2, 0.25) is 11.0 Å². The fourth-order valence-electron chi connectivity index (χ4n) is 2.61. The number of rotatable bonds is 7. The van der Waals surface area contributed by atoms with Crippen LogP contribution >= 0.6 is 23.1 Å². The maximum absolute atomic E-state index is 12.2. The van der Waals surface area contributed by atoms with Crippen LogP contribution < -0.4 is 16.0 Å². The van der Waals surface area contributed by atoms with Gasteiger partial charge in [0.15, 0.2) is 4.34 Å². The Morgan fingerprint density at radius 1 is 1.38 bits per heavy atom. The minimum Gasteiger partial charge on any atom is -0.467 e. The summed E-state index contributed by atoms with van der Waals surface area (Å²) in [6.45, 7) is 2.25. The van der Waals surface area contributed by atoms with Gasteiger partial charge in [-0.2, -0.15) is 0 Å². The third-order valence-electron chi connectivity index (χ3n) is 3.97. The van der Waals surface area contributed by atoms with Crippen LogP contribution in [0.25, 0.3) is 0 Å². The molecule has 0 aromatic carbocycles. The average molecular weight is 396 g/mol. The van der Waals surface area contributed by atoms with E-state index in [1.54, 1.807) is 13.2 Å².